The lowest BCUT2D eigenvalue weighted by molar-refractivity contribution is 1.46. The second kappa shape index (κ2) is 2.82. The first kappa shape index (κ1) is 7.26. The van der Waals surface area contributed by atoms with Crippen molar-refractivity contribution in [2.45, 2.75) is 4.90 Å². The predicted molar refractivity (Wildman–Crippen MR) is 42.6 cm³/mol. The lowest BCUT2D eigenvalue weighted by Gasteiger charge is -1.93. The van der Waals surface area contributed by atoms with Gasteiger partial charge in [0, 0.05) is 9.92 Å². The van der Waals surface area contributed by atoms with Crippen LogP contribution in [0.4, 0.5) is 0 Å². The van der Waals surface area contributed by atoms with Crippen molar-refractivity contribution < 1.29 is 0 Å². The second-order valence-corrected chi connectivity index (χ2v) is 2.81. The lowest BCUT2D eigenvalue weighted by Crippen LogP contribution is -1.68. The van der Waals surface area contributed by atoms with E-state index in [-0.39, 0.29) is 0 Å². The molecule has 0 unspecified atom stereocenters. The molecule has 0 bridgehead atoms. The largest absolute Gasteiger partial charge is 0.141 e. The summed E-state index contributed by atoms with van der Waals surface area (Å²) < 4.78 is 0. The lowest BCUT2D eigenvalue weighted by atomic mass is 10.4. The molecule has 0 saturated heterocycles. The van der Waals surface area contributed by atoms with Crippen LogP contribution in [0, 0.1) is 6.07 Å². The van der Waals surface area contributed by atoms with E-state index in [2.05, 4.69) is 18.7 Å². The average molecular weight is 178 g/mol. The van der Waals surface area contributed by atoms with Crippen LogP contribution in [0.3, 0.4) is 0 Å². The van der Waals surface area contributed by atoms with Crippen LogP contribution < -0.4 is 0 Å². The molecule has 1 radical (unpaired) electrons. The normalized spacial score (nSPS) is 9.67. The van der Waals surface area contributed by atoms with Crippen LogP contribution in [0.2, 0.25) is 10.0 Å². The van der Waals surface area contributed by atoms with Crippen LogP contribution in [0.15, 0.2) is 17.0 Å². The van der Waals surface area contributed by atoms with Crippen LogP contribution in [0.25, 0.3) is 0 Å². The Morgan fingerprint density at radius 1 is 1.44 bits per heavy atom. The maximum absolute atomic E-state index is 5.62. The van der Waals surface area contributed by atoms with E-state index in [1.165, 1.54) is 0 Å². The van der Waals surface area contributed by atoms with Crippen LogP contribution in [0.1, 0.15) is 0 Å². The maximum atomic E-state index is 5.62. The van der Waals surface area contributed by atoms with Crippen LogP contribution in [0.5, 0.6) is 0 Å². The summed E-state index contributed by atoms with van der Waals surface area (Å²) in [5.41, 5.74) is 0. The monoisotopic (exact) mass is 177 g/mol. The first-order chi connectivity index (χ1) is 4.20. The van der Waals surface area contributed by atoms with E-state index < -0.39 is 0 Å². The van der Waals surface area contributed by atoms with E-state index in [4.69, 9.17) is 23.2 Å². The first-order valence-electron chi connectivity index (χ1n) is 2.26. The van der Waals surface area contributed by atoms with Gasteiger partial charge in [-0.25, -0.2) is 0 Å². The third-order valence-electron chi connectivity index (χ3n) is 0.838. The molecule has 0 N–H and O–H groups in total. The Balaban J connectivity index is 3.17. The Hall–Kier alpha value is 0.150. The molecule has 0 amide bonds. The minimum Gasteiger partial charge on any atom is -0.141 e. The van der Waals surface area contributed by atoms with Crippen molar-refractivity contribution in [3.8, 4) is 0 Å². The average Bonchev–Trinajstić information content (AvgIpc) is 1.80. The first-order valence-corrected chi connectivity index (χ1v) is 3.46. The summed E-state index contributed by atoms with van der Waals surface area (Å²) in [5, 5.41) is 1.11. The molecule has 0 atom stereocenters. The van der Waals surface area contributed by atoms with Gasteiger partial charge in [0.15, 0.2) is 0 Å². The fraction of sp³-hybridized carbons (Fsp3) is 0. The Morgan fingerprint density at radius 3 is 2.56 bits per heavy atom. The maximum Gasteiger partial charge on any atom is 0.0560 e. The topological polar surface area (TPSA) is 0 Å². The van der Waals surface area contributed by atoms with Crippen molar-refractivity contribution in [1.29, 1.82) is 0 Å². The highest BCUT2D eigenvalue weighted by molar-refractivity contribution is 7.80. The van der Waals surface area contributed by atoms with Crippen LogP contribution in [-0.4, -0.2) is 0 Å². The quantitative estimate of drug-likeness (QED) is 0.580. The van der Waals surface area contributed by atoms with Gasteiger partial charge in [0.05, 0.1) is 5.02 Å². The molecule has 0 saturated carbocycles. The van der Waals surface area contributed by atoms with Crippen molar-refractivity contribution in [3.05, 3.63) is 28.2 Å². The van der Waals surface area contributed by atoms with Gasteiger partial charge >= 0.3 is 0 Å². The van der Waals surface area contributed by atoms with E-state index in [1.807, 2.05) is 0 Å². The molecule has 0 nitrogen and oxygen atoms in total. The number of hydrogen-bond acceptors (Lipinski definition) is 1. The minimum atomic E-state index is 0.533. The molecule has 0 heterocycles. The van der Waals surface area contributed by atoms with Gasteiger partial charge in [-0.05, 0) is 18.2 Å². The summed E-state index contributed by atoms with van der Waals surface area (Å²) in [7, 11) is 0. The van der Waals surface area contributed by atoms with Crippen molar-refractivity contribution in [1.82, 2.24) is 0 Å². The Bertz CT molecular complexity index is 222. The highest BCUT2D eigenvalue weighted by Gasteiger charge is 1.94. The Labute approximate surface area is 69.2 Å². The van der Waals surface area contributed by atoms with E-state index in [1.54, 1.807) is 12.1 Å². The summed E-state index contributed by atoms with van der Waals surface area (Å²) in [6.07, 6.45) is 0. The summed E-state index contributed by atoms with van der Waals surface area (Å²) in [6, 6.07) is 6.02. The summed E-state index contributed by atoms with van der Waals surface area (Å²) in [5.74, 6) is 0. The number of rotatable bonds is 0. The summed E-state index contributed by atoms with van der Waals surface area (Å²) in [6.45, 7) is 0. The number of hydrogen-bond donors (Lipinski definition) is 1. The van der Waals surface area contributed by atoms with Gasteiger partial charge < -0.3 is 0 Å². The third-order valence-corrected chi connectivity index (χ3v) is 1.86. The number of thiol groups is 1. The van der Waals surface area contributed by atoms with E-state index in [0.29, 0.717) is 14.9 Å². The third kappa shape index (κ3) is 1.78. The standard InChI is InChI=1S/C6H3Cl2S/c7-4-1-2-6(9)5(8)3-4/h1,3,9H. The van der Waals surface area contributed by atoms with Crippen molar-refractivity contribution >= 4 is 35.8 Å². The van der Waals surface area contributed by atoms with Crippen molar-refractivity contribution in [2.24, 2.45) is 0 Å². The molecule has 0 aliphatic heterocycles. The Kier molecular flexibility index (Phi) is 2.28. The molecule has 0 aliphatic rings. The van der Waals surface area contributed by atoms with Gasteiger partial charge in [-0.3, -0.25) is 0 Å². The molecule has 1 aromatic carbocycles. The zero-order valence-corrected chi connectivity index (χ0v) is 6.76. The second-order valence-electron chi connectivity index (χ2n) is 1.51. The zero-order valence-electron chi connectivity index (χ0n) is 4.36. The highest BCUT2D eigenvalue weighted by Crippen LogP contribution is 2.22. The zero-order chi connectivity index (χ0) is 6.85. The molecule has 3 heteroatoms. The van der Waals surface area contributed by atoms with Gasteiger partial charge in [0.25, 0.3) is 0 Å². The fourth-order valence-electron chi connectivity index (χ4n) is 0.437. The smallest absolute Gasteiger partial charge is 0.0560 e. The van der Waals surface area contributed by atoms with Gasteiger partial charge in [-0.2, -0.15) is 0 Å². The van der Waals surface area contributed by atoms with Gasteiger partial charge in [0.2, 0.25) is 0 Å². The van der Waals surface area contributed by atoms with E-state index >= 15 is 0 Å². The van der Waals surface area contributed by atoms with Crippen LogP contribution in [-0.2, 0) is 0 Å². The molecule has 1 rings (SSSR count). The molecular weight excluding hydrogens is 175 g/mol. The highest BCUT2D eigenvalue weighted by atomic mass is 35.5. The van der Waals surface area contributed by atoms with Gasteiger partial charge in [0.1, 0.15) is 0 Å². The molecule has 9 heavy (non-hydrogen) atoms. The van der Waals surface area contributed by atoms with E-state index in [0.717, 1.165) is 0 Å². The summed E-state index contributed by atoms with van der Waals surface area (Å²) >= 11 is 15.2. The molecule has 0 fully saturated rings. The number of benzene rings is 1. The molecule has 0 aromatic heterocycles. The minimum absolute atomic E-state index is 0.533. The summed E-state index contributed by atoms with van der Waals surface area (Å²) in [4.78, 5) is 0.626. The predicted octanol–water partition coefficient (Wildman–Crippen LogP) is 3.08. The van der Waals surface area contributed by atoms with E-state index in [9.17, 15) is 0 Å². The molecule has 0 spiro atoms. The van der Waals surface area contributed by atoms with Gasteiger partial charge in [-0.15, -0.1) is 12.6 Å². The molecule has 0 aliphatic carbocycles. The molecule has 47 valence electrons. The SMILES string of the molecule is Sc1[c]cc(Cl)cc1Cl. The van der Waals surface area contributed by atoms with Gasteiger partial charge in [-0.1, -0.05) is 23.2 Å². The van der Waals surface area contributed by atoms with Crippen LogP contribution >= 0.6 is 35.8 Å². The molecule has 1 aromatic rings. The van der Waals surface area contributed by atoms with Crippen molar-refractivity contribution in [3.63, 3.8) is 0 Å². The Morgan fingerprint density at radius 2 is 2.11 bits per heavy atom. The number of halogens is 2. The molecular formula is C6H3Cl2S. The fourth-order valence-corrected chi connectivity index (χ4v) is 0.958. The van der Waals surface area contributed by atoms with Crippen molar-refractivity contribution in [2.75, 3.05) is 0 Å².